The number of likely N-dealkylation sites (tertiary alicyclic amines) is 1. The number of nitrogens with zero attached hydrogens (tertiary/aromatic N) is 6. The average molecular weight is 516 g/mol. The van der Waals surface area contributed by atoms with Gasteiger partial charge in [0.05, 0.1) is 23.8 Å². The summed E-state index contributed by atoms with van der Waals surface area (Å²) < 4.78 is 54.8. The summed E-state index contributed by atoms with van der Waals surface area (Å²) >= 11 is 0. The number of fused-ring (bicyclic) bond motifs is 2. The van der Waals surface area contributed by atoms with Crippen LogP contribution in [0.4, 0.5) is 29.2 Å². The van der Waals surface area contributed by atoms with Crippen LogP contribution >= 0.6 is 0 Å². The molecule has 12 heteroatoms. The smallest absolute Gasteiger partial charge is 0.363 e. The van der Waals surface area contributed by atoms with Gasteiger partial charge in [-0.3, -0.25) is 9.69 Å². The highest BCUT2D eigenvalue weighted by atomic mass is 19.4. The fourth-order valence-corrected chi connectivity index (χ4v) is 5.23. The molecule has 1 spiro atoms. The molecule has 8 nitrogen and oxygen atoms in total. The third-order valence-electron chi connectivity index (χ3n) is 6.99. The quantitative estimate of drug-likeness (QED) is 0.525. The molecular formula is C25H25F4N7O. The van der Waals surface area contributed by atoms with Gasteiger partial charge in [0.1, 0.15) is 22.9 Å². The van der Waals surface area contributed by atoms with Crippen molar-refractivity contribution in [1.82, 2.24) is 25.1 Å². The predicted molar refractivity (Wildman–Crippen MR) is 127 cm³/mol. The first-order valence-corrected chi connectivity index (χ1v) is 11.8. The lowest BCUT2D eigenvalue weighted by Crippen LogP contribution is -2.53. The first kappa shape index (κ1) is 25.0. The molecule has 37 heavy (non-hydrogen) atoms. The Balaban J connectivity index is 1.60. The fourth-order valence-electron chi connectivity index (χ4n) is 5.23. The summed E-state index contributed by atoms with van der Waals surface area (Å²) in [4.78, 5) is 26.7. The van der Waals surface area contributed by atoms with E-state index in [2.05, 4.69) is 25.5 Å². The molecule has 1 aromatic carbocycles. The number of alkyl halides is 3. The van der Waals surface area contributed by atoms with Gasteiger partial charge in [0.25, 0.3) is 0 Å². The summed E-state index contributed by atoms with van der Waals surface area (Å²) in [6, 6.07) is 5.72. The molecule has 4 heterocycles. The van der Waals surface area contributed by atoms with E-state index < -0.39 is 29.0 Å². The van der Waals surface area contributed by atoms with Crippen LogP contribution in [-0.2, 0) is 22.9 Å². The number of likely N-dealkylation sites (N-methyl/N-ethyl adjacent to an activating group) is 1. The molecule has 1 fully saturated rings. The first-order valence-electron chi connectivity index (χ1n) is 11.8. The first-order chi connectivity index (χ1) is 17.5. The van der Waals surface area contributed by atoms with Crippen LogP contribution in [-0.4, -0.2) is 51.1 Å². The van der Waals surface area contributed by atoms with Crippen molar-refractivity contribution < 1.29 is 22.4 Å². The molecule has 194 valence electrons. The third-order valence-corrected chi connectivity index (χ3v) is 6.99. The molecule has 1 saturated heterocycles. The number of aromatic nitrogens is 4. The van der Waals surface area contributed by atoms with Crippen LogP contribution in [0.15, 0.2) is 36.5 Å². The molecule has 0 saturated carbocycles. The monoisotopic (exact) mass is 515 g/mol. The van der Waals surface area contributed by atoms with E-state index >= 15 is 0 Å². The number of rotatable bonds is 4. The van der Waals surface area contributed by atoms with Crippen molar-refractivity contribution in [3.05, 3.63) is 70.6 Å². The predicted octanol–water partition coefficient (Wildman–Crippen LogP) is 4.03. The van der Waals surface area contributed by atoms with Gasteiger partial charge in [0, 0.05) is 23.9 Å². The lowest BCUT2D eigenvalue weighted by molar-refractivity contribution is -0.140. The van der Waals surface area contributed by atoms with Gasteiger partial charge in [-0.25, -0.2) is 14.4 Å². The van der Waals surface area contributed by atoms with E-state index in [-0.39, 0.29) is 18.0 Å². The minimum absolute atomic E-state index is 0.0821. The molecule has 5 rings (SSSR count). The summed E-state index contributed by atoms with van der Waals surface area (Å²) in [6.45, 7) is 4.45. The van der Waals surface area contributed by atoms with Crippen LogP contribution in [0.2, 0.25) is 0 Å². The van der Waals surface area contributed by atoms with E-state index in [1.807, 2.05) is 11.9 Å². The topological polar surface area (TPSA) is 87.1 Å². The van der Waals surface area contributed by atoms with Crippen LogP contribution in [0.3, 0.4) is 0 Å². The molecule has 2 aliphatic rings. The number of halogens is 4. The van der Waals surface area contributed by atoms with Gasteiger partial charge in [0.15, 0.2) is 5.82 Å². The Hall–Kier alpha value is -3.67. The van der Waals surface area contributed by atoms with Crippen molar-refractivity contribution in [2.24, 2.45) is 0 Å². The van der Waals surface area contributed by atoms with Crippen molar-refractivity contribution in [3.63, 3.8) is 0 Å². The molecule has 2 atom stereocenters. The largest absolute Gasteiger partial charge is 0.419 e. The van der Waals surface area contributed by atoms with E-state index in [1.54, 1.807) is 26.0 Å². The summed E-state index contributed by atoms with van der Waals surface area (Å²) in [7, 11) is 1.93. The second kappa shape index (κ2) is 9.02. The molecule has 0 bridgehead atoms. The Bertz CT molecular complexity index is 1350. The Morgan fingerprint density at radius 1 is 1.16 bits per heavy atom. The SMILES string of the molecule is Cc1nc(N[C@H](C)c2cccc(C(F)(F)F)c2F)c2c(n1)C1(CCN(C)C1)C(=O)N(c1cccnn1)C2. The number of hydrogen-bond donors (Lipinski definition) is 1. The van der Waals surface area contributed by atoms with Crippen LogP contribution in [0.1, 0.15) is 47.6 Å². The van der Waals surface area contributed by atoms with Gasteiger partial charge in [-0.2, -0.15) is 18.3 Å². The number of nitrogens with one attached hydrogen (secondary N) is 1. The standard InChI is InChI=1S/C25H25F4N7O/c1-14(16-6-4-7-18(20(16)26)25(27,28)29)31-22-17-12-36(19-8-5-10-30-34-19)23(37)24(9-11-35(3)13-24)21(17)32-15(2)33-22/h4-8,10,14H,9,11-13H2,1-3H3,(H,31,32,33)/t14-,24?/m1/s1. The van der Waals surface area contributed by atoms with Gasteiger partial charge < -0.3 is 10.2 Å². The molecule has 0 aliphatic carbocycles. The summed E-state index contributed by atoms with van der Waals surface area (Å²) in [5, 5.41) is 11.1. The Morgan fingerprint density at radius 2 is 1.95 bits per heavy atom. The molecule has 0 radical (unpaired) electrons. The third kappa shape index (κ3) is 4.28. The highest BCUT2D eigenvalue weighted by molar-refractivity contribution is 6.03. The summed E-state index contributed by atoms with van der Waals surface area (Å²) in [5.41, 5.74) is -1.23. The molecular weight excluding hydrogens is 490 g/mol. The van der Waals surface area contributed by atoms with Crippen LogP contribution < -0.4 is 10.2 Å². The van der Waals surface area contributed by atoms with Gasteiger partial charge in [-0.05, 0) is 52.1 Å². The van der Waals surface area contributed by atoms with Crippen molar-refractivity contribution >= 4 is 17.5 Å². The van der Waals surface area contributed by atoms with Crippen molar-refractivity contribution in [2.75, 3.05) is 30.4 Å². The average Bonchev–Trinajstić information content (AvgIpc) is 3.24. The van der Waals surface area contributed by atoms with Gasteiger partial charge >= 0.3 is 6.18 Å². The van der Waals surface area contributed by atoms with Crippen molar-refractivity contribution in [2.45, 2.75) is 44.4 Å². The van der Waals surface area contributed by atoms with E-state index in [4.69, 9.17) is 0 Å². The highest BCUT2D eigenvalue weighted by Crippen LogP contribution is 2.44. The molecule has 1 amide bonds. The Kier molecular flexibility index (Phi) is 6.09. The number of amides is 1. The number of carbonyl (C=O) groups excluding carboxylic acids is 1. The maximum Gasteiger partial charge on any atom is 0.419 e. The van der Waals surface area contributed by atoms with Crippen molar-refractivity contribution in [3.8, 4) is 0 Å². The molecule has 2 aromatic heterocycles. The van der Waals surface area contributed by atoms with Crippen molar-refractivity contribution in [1.29, 1.82) is 0 Å². The fraction of sp³-hybridized carbons (Fsp3) is 0.400. The number of anilines is 2. The van der Waals surface area contributed by atoms with Gasteiger partial charge in [-0.15, -0.1) is 5.10 Å². The molecule has 3 aromatic rings. The molecule has 2 aliphatic heterocycles. The van der Waals surface area contributed by atoms with E-state index in [9.17, 15) is 22.4 Å². The number of carbonyl (C=O) groups is 1. The van der Waals surface area contributed by atoms with Gasteiger partial charge in [0.2, 0.25) is 5.91 Å². The zero-order chi connectivity index (χ0) is 26.5. The lowest BCUT2D eigenvalue weighted by Gasteiger charge is -2.40. The van der Waals surface area contributed by atoms with E-state index in [1.165, 1.54) is 23.2 Å². The van der Waals surface area contributed by atoms with E-state index in [0.717, 1.165) is 0 Å². The zero-order valence-corrected chi connectivity index (χ0v) is 20.5. The number of aryl methyl sites for hydroxylation is 1. The summed E-state index contributed by atoms with van der Waals surface area (Å²) in [5.74, 6) is -0.379. The normalized spacial score (nSPS) is 20.8. The van der Waals surface area contributed by atoms with Gasteiger partial charge in [-0.1, -0.05) is 12.1 Å². The lowest BCUT2D eigenvalue weighted by atomic mass is 9.76. The molecule has 1 unspecified atom stereocenters. The van der Waals surface area contributed by atoms with Crippen LogP contribution in [0.5, 0.6) is 0 Å². The Morgan fingerprint density at radius 3 is 2.59 bits per heavy atom. The molecule has 1 N–H and O–H groups in total. The summed E-state index contributed by atoms with van der Waals surface area (Å²) in [6.07, 6.45) is -2.78. The number of benzene rings is 1. The van der Waals surface area contributed by atoms with Crippen LogP contribution in [0, 0.1) is 12.7 Å². The maximum atomic E-state index is 14.9. The maximum absolute atomic E-state index is 14.9. The minimum Gasteiger partial charge on any atom is -0.363 e. The highest BCUT2D eigenvalue weighted by Gasteiger charge is 2.53. The zero-order valence-electron chi connectivity index (χ0n) is 20.5. The van der Waals surface area contributed by atoms with E-state index in [0.29, 0.717) is 54.3 Å². The Labute approximate surface area is 210 Å². The number of hydrogen-bond acceptors (Lipinski definition) is 7. The second-order valence-electron chi connectivity index (χ2n) is 9.56. The second-order valence-corrected chi connectivity index (χ2v) is 9.56. The minimum atomic E-state index is -4.82. The van der Waals surface area contributed by atoms with Crippen LogP contribution in [0.25, 0.3) is 0 Å².